The zero-order valence-electron chi connectivity index (χ0n) is 17.6. The fourth-order valence-corrected chi connectivity index (χ4v) is 3.91. The number of ether oxygens (including phenoxy) is 5. The number of fused-ring (bicyclic) bond motifs is 2. The van der Waals surface area contributed by atoms with E-state index in [1.807, 2.05) is 42.7 Å². The summed E-state index contributed by atoms with van der Waals surface area (Å²) < 4.78 is 29.2. The first kappa shape index (κ1) is 20.0. The number of nitrogens with zero attached hydrogens (tertiary/aromatic N) is 1. The van der Waals surface area contributed by atoms with E-state index < -0.39 is 12.1 Å². The van der Waals surface area contributed by atoms with Gasteiger partial charge in [-0.2, -0.15) is 0 Å². The lowest BCUT2D eigenvalue weighted by molar-refractivity contribution is -0.153. The minimum Gasteiger partial charge on any atom is -0.485 e. The van der Waals surface area contributed by atoms with Gasteiger partial charge in [0.05, 0.1) is 0 Å². The Labute approximate surface area is 184 Å². The summed E-state index contributed by atoms with van der Waals surface area (Å²) in [6, 6.07) is 14.5. The maximum absolute atomic E-state index is 12.8. The first-order chi connectivity index (χ1) is 15.5. The van der Waals surface area contributed by atoms with Crippen LogP contribution < -0.4 is 18.9 Å². The number of aromatic nitrogens is 1. The molecule has 0 fully saturated rings. The number of esters is 1. The molecular formula is C24H21NO7. The van der Waals surface area contributed by atoms with Gasteiger partial charge >= 0.3 is 5.97 Å². The van der Waals surface area contributed by atoms with E-state index in [1.165, 1.54) is 0 Å². The minimum absolute atomic E-state index is 0.0304. The Bertz CT molecular complexity index is 1210. The summed E-state index contributed by atoms with van der Waals surface area (Å²) in [6.07, 6.45) is -0.918. The highest BCUT2D eigenvalue weighted by Crippen LogP contribution is 2.35. The summed E-state index contributed by atoms with van der Waals surface area (Å²) >= 11 is 0. The van der Waals surface area contributed by atoms with Gasteiger partial charge in [0.1, 0.15) is 6.61 Å². The SMILES string of the molecule is Cc1cc(C(=O)COC(=O)[C@H]2COc3ccccc3O2)c(C)n1-c1ccc2c(c1)OCO2. The molecule has 8 heteroatoms. The van der Waals surface area contributed by atoms with E-state index in [0.29, 0.717) is 28.6 Å². The van der Waals surface area contributed by atoms with Crippen molar-refractivity contribution in [2.24, 2.45) is 0 Å². The molecular weight excluding hydrogens is 414 g/mol. The molecule has 1 aromatic heterocycles. The van der Waals surface area contributed by atoms with E-state index in [-0.39, 0.29) is 25.8 Å². The van der Waals surface area contributed by atoms with E-state index in [2.05, 4.69) is 0 Å². The van der Waals surface area contributed by atoms with Gasteiger partial charge in [-0.05, 0) is 44.2 Å². The van der Waals surface area contributed by atoms with Crippen molar-refractivity contribution < 1.29 is 33.3 Å². The molecule has 0 unspecified atom stereocenters. The van der Waals surface area contributed by atoms with E-state index in [1.54, 1.807) is 24.3 Å². The molecule has 0 saturated carbocycles. The molecule has 0 N–H and O–H groups in total. The normalized spacial score (nSPS) is 16.0. The Hall–Kier alpha value is -3.94. The number of hydrogen-bond donors (Lipinski definition) is 0. The molecule has 2 aliphatic rings. The lowest BCUT2D eigenvalue weighted by Gasteiger charge is -2.24. The summed E-state index contributed by atoms with van der Waals surface area (Å²) in [6.45, 7) is 3.60. The van der Waals surface area contributed by atoms with Gasteiger partial charge in [-0.1, -0.05) is 12.1 Å². The number of carbonyl (C=O) groups is 2. The fourth-order valence-electron chi connectivity index (χ4n) is 3.91. The average Bonchev–Trinajstić information content (AvgIpc) is 3.39. The Morgan fingerprint density at radius 1 is 0.969 bits per heavy atom. The number of carbonyl (C=O) groups excluding carboxylic acids is 2. The van der Waals surface area contributed by atoms with Crippen molar-refractivity contribution >= 4 is 11.8 Å². The Balaban J connectivity index is 1.27. The number of aryl methyl sites for hydroxylation is 1. The minimum atomic E-state index is -0.918. The van der Waals surface area contributed by atoms with Crippen LogP contribution in [-0.2, 0) is 9.53 Å². The highest BCUT2D eigenvalue weighted by atomic mass is 16.7. The van der Waals surface area contributed by atoms with Gasteiger partial charge in [-0.25, -0.2) is 4.79 Å². The van der Waals surface area contributed by atoms with E-state index in [4.69, 9.17) is 23.7 Å². The van der Waals surface area contributed by atoms with Crippen molar-refractivity contribution in [2.75, 3.05) is 20.0 Å². The first-order valence-corrected chi connectivity index (χ1v) is 10.2. The molecule has 32 heavy (non-hydrogen) atoms. The molecule has 0 bridgehead atoms. The van der Waals surface area contributed by atoms with Crippen LogP contribution in [0.1, 0.15) is 21.7 Å². The topological polar surface area (TPSA) is 85.2 Å². The van der Waals surface area contributed by atoms with E-state index in [9.17, 15) is 9.59 Å². The summed E-state index contributed by atoms with van der Waals surface area (Å²) in [5, 5.41) is 0. The van der Waals surface area contributed by atoms with E-state index >= 15 is 0 Å². The molecule has 1 atom stereocenters. The predicted octanol–water partition coefficient (Wildman–Crippen LogP) is 3.39. The van der Waals surface area contributed by atoms with Crippen molar-refractivity contribution in [3.05, 3.63) is 65.5 Å². The lowest BCUT2D eigenvalue weighted by atomic mass is 10.1. The number of ketones is 1. The van der Waals surface area contributed by atoms with Crippen molar-refractivity contribution in [1.29, 1.82) is 0 Å². The van der Waals surface area contributed by atoms with Crippen LogP contribution in [0.2, 0.25) is 0 Å². The van der Waals surface area contributed by atoms with Crippen molar-refractivity contribution in [1.82, 2.24) is 4.57 Å². The van der Waals surface area contributed by atoms with Gasteiger partial charge < -0.3 is 28.3 Å². The molecule has 0 spiro atoms. The molecule has 3 heterocycles. The van der Waals surface area contributed by atoms with Crippen LogP contribution in [0.15, 0.2) is 48.5 Å². The third-order valence-electron chi connectivity index (χ3n) is 5.46. The molecule has 0 saturated heterocycles. The molecule has 0 aliphatic carbocycles. The molecule has 164 valence electrons. The highest BCUT2D eigenvalue weighted by Gasteiger charge is 2.29. The van der Waals surface area contributed by atoms with Crippen LogP contribution in [0.5, 0.6) is 23.0 Å². The Morgan fingerprint density at radius 2 is 1.72 bits per heavy atom. The van der Waals surface area contributed by atoms with Gasteiger partial charge in [-0.15, -0.1) is 0 Å². The second kappa shape index (κ2) is 7.96. The van der Waals surface area contributed by atoms with Gasteiger partial charge in [0.25, 0.3) is 0 Å². The quantitative estimate of drug-likeness (QED) is 0.449. The number of Topliss-reactive ketones (excluding diaryl/α,β-unsaturated/α-hetero) is 1. The third kappa shape index (κ3) is 3.53. The molecule has 2 aromatic carbocycles. The second-order valence-electron chi connectivity index (χ2n) is 7.55. The standard InChI is InChI=1S/C24H21NO7/c1-14-9-17(15(2)25(14)16-7-8-20-22(10-16)31-13-30-20)18(26)11-29-24(27)23-12-28-19-5-3-4-6-21(19)32-23/h3-10,23H,11-13H2,1-2H3/t23-/m1/s1. The Kier molecular flexibility index (Phi) is 4.97. The largest absolute Gasteiger partial charge is 0.485 e. The smallest absolute Gasteiger partial charge is 0.351 e. The van der Waals surface area contributed by atoms with E-state index in [0.717, 1.165) is 17.1 Å². The summed E-state index contributed by atoms with van der Waals surface area (Å²) in [5.74, 6) is 1.46. The maximum Gasteiger partial charge on any atom is 0.351 e. The van der Waals surface area contributed by atoms with Gasteiger partial charge in [0.15, 0.2) is 29.6 Å². The van der Waals surface area contributed by atoms with Crippen LogP contribution in [0.25, 0.3) is 5.69 Å². The molecule has 0 radical (unpaired) electrons. The number of rotatable bonds is 5. The highest BCUT2D eigenvalue weighted by molar-refractivity contribution is 5.99. The van der Waals surface area contributed by atoms with Crippen LogP contribution >= 0.6 is 0 Å². The lowest BCUT2D eigenvalue weighted by Crippen LogP contribution is -2.38. The van der Waals surface area contributed by atoms with Crippen molar-refractivity contribution in [2.45, 2.75) is 20.0 Å². The van der Waals surface area contributed by atoms with Crippen LogP contribution in [0.3, 0.4) is 0 Å². The summed E-state index contributed by atoms with van der Waals surface area (Å²) in [5.41, 5.74) is 2.95. The maximum atomic E-state index is 12.8. The van der Waals surface area contributed by atoms with Gasteiger partial charge in [-0.3, -0.25) is 4.79 Å². The second-order valence-corrected chi connectivity index (χ2v) is 7.55. The van der Waals surface area contributed by atoms with Crippen molar-refractivity contribution in [3.8, 4) is 28.7 Å². The van der Waals surface area contributed by atoms with Gasteiger partial charge in [0, 0.05) is 28.7 Å². The molecule has 5 rings (SSSR count). The summed E-state index contributed by atoms with van der Waals surface area (Å²) in [7, 11) is 0. The number of hydrogen-bond acceptors (Lipinski definition) is 7. The Morgan fingerprint density at radius 3 is 2.56 bits per heavy atom. The third-order valence-corrected chi connectivity index (χ3v) is 5.46. The zero-order valence-corrected chi connectivity index (χ0v) is 17.6. The van der Waals surface area contributed by atoms with Crippen molar-refractivity contribution in [3.63, 3.8) is 0 Å². The monoisotopic (exact) mass is 435 g/mol. The van der Waals surface area contributed by atoms with Crippen LogP contribution in [-0.4, -0.2) is 42.4 Å². The summed E-state index contributed by atoms with van der Waals surface area (Å²) in [4.78, 5) is 25.2. The zero-order chi connectivity index (χ0) is 22.2. The number of benzene rings is 2. The first-order valence-electron chi connectivity index (χ1n) is 10.2. The molecule has 2 aliphatic heterocycles. The number of para-hydroxylation sites is 2. The van der Waals surface area contributed by atoms with Crippen LogP contribution in [0.4, 0.5) is 0 Å². The average molecular weight is 435 g/mol. The molecule has 0 amide bonds. The molecule has 8 nitrogen and oxygen atoms in total. The van der Waals surface area contributed by atoms with Gasteiger partial charge in [0.2, 0.25) is 18.7 Å². The molecule has 3 aromatic rings. The van der Waals surface area contributed by atoms with Crippen LogP contribution in [0, 0.1) is 13.8 Å². The predicted molar refractivity (Wildman–Crippen MR) is 113 cm³/mol. The fraction of sp³-hybridized carbons (Fsp3) is 0.250.